The summed E-state index contributed by atoms with van der Waals surface area (Å²) in [6.45, 7) is 5.39. The molecule has 0 saturated carbocycles. The SMILES string of the molecule is CCN(C)C(=O)CNC(=O)NC1CCN(Cc2ccncc2)CC1. The molecule has 2 heterocycles. The van der Waals surface area contributed by atoms with E-state index in [1.165, 1.54) is 5.56 Å². The van der Waals surface area contributed by atoms with Gasteiger partial charge in [-0.1, -0.05) is 0 Å². The van der Waals surface area contributed by atoms with E-state index in [-0.39, 0.29) is 24.5 Å². The highest BCUT2D eigenvalue weighted by Crippen LogP contribution is 2.13. The number of likely N-dealkylation sites (N-methyl/N-ethyl adjacent to an activating group) is 1. The predicted molar refractivity (Wildman–Crippen MR) is 92.4 cm³/mol. The van der Waals surface area contributed by atoms with Gasteiger partial charge in [0.15, 0.2) is 0 Å². The molecule has 132 valence electrons. The standard InChI is InChI=1S/C17H27N5O2/c1-3-21(2)16(23)12-19-17(24)20-15-6-10-22(11-7-15)13-14-4-8-18-9-5-14/h4-5,8-9,15H,3,6-7,10-13H2,1-2H3,(H2,19,20,24). The summed E-state index contributed by atoms with van der Waals surface area (Å²) in [5.41, 5.74) is 1.26. The first-order valence-electron chi connectivity index (χ1n) is 8.48. The number of likely N-dealkylation sites (tertiary alicyclic amines) is 1. The van der Waals surface area contributed by atoms with Crippen molar-refractivity contribution in [1.82, 2.24) is 25.4 Å². The van der Waals surface area contributed by atoms with Crippen LogP contribution in [0.4, 0.5) is 4.79 Å². The Balaban J connectivity index is 1.65. The number of hydrogen-bond acceptors (Lipinski definition) is 4. The molecule has 0 unspecified atom stereocenters. The summed E-state index contributed by atoms with van der Waals surface area (Å²) in [7, 11) is 1.72. The Morgan fingerprint density at radius 2 is 1.96 bits per heavy atom. The molecule has 2 rings (SSSR count). The number of hydrogen-bond donors (Lipinski definition) is 2. The largest absolute Gasteiger partial charge is 0.345 e. The third-order valence-electron chi connectivity index (χ3n) is 4.38. The number of carbonyl (C=O) groups is 2. The van der Waals surface area contributed by atoms with Gasteiger partial charge in [-0.15, -0.1) is 0 Å². The van der Waals surface area contributed by atoms with Crippen LogP contribution in [0.3, 0.4) is 0 Å². The van der Waals surface area contributed by atoms with Crippen molar-refractivity contribution in [2.45, 2.75) is 32.4 Å². The van der Waals surface area contributed by atoms with Crippen molar-refractivity contribution in [3.8, 4) is 0 Å². The molecule has 0 atom stereocenters. The van der Waals surface area contributed by atoms with Crippen LogP contribution in [0.15, 0.2) is 24.5 Å². The lowest BCUT2D eigenvalue weighted by molar-refractivity contribution is -0.128. The molecule has 0 aliphatic carbocycles. The van der Waals surface area contributed by atoms with Gasteiger partial charge in [-0.05, 0) is 37.5 Å². The normalized spacial score (nSPS) is 15.8. The monoisotopic (exact) mass is 333 g/mol. The number of nitrogens with one attached hydrogen (secondary N) is 2. The fourth-order valence-corrected chi connectivity index (χ4v) is 2.69. The van der Waals surface area contributed by atoms with Gasteiger partial charge in [0.2, 0.25) is 5.91 Å². The minimum Gasteiger partial charge on any atom is -0.345 e. The second-order valence-corrected chi connectivity index (χ2v) is 6.14. The van der Waals surface area contributed by atoms with Crippen LogP contribution in [-0.4, -0.2) is 66.0 Å². The van der Waals surface area contributed by atoms with Gasteiger partial charge in [0.1, 0.15) is 0 Å². The van der Waals surface area contributed by atoms with Gasteiger partial charge in [-0.25, -0.2) is 4.79 Å². The molecular formula is C17H27N5O2. The quantitative estimate of drug-likeness (QED) is 0.808. The zero-order chi connectivity index (χ0) is 17.4. The molecule has 1 aliphatic rings. The Kier molecular flexibility index (Phi) is 6.99. The van der Waals surface area contributed by atoms with E-state index < -0.39 is 0 Å². The van der Waals surface area contributed by atoms with Crippen LogP contribution in [-0.2, 0) is 11.3 Å². The molecule has 24 heavy (non-hydrogen) atoms. The van der Waals surface area contributed by atoms with Gasteiger partial charge in [0, 0.05) is 51.7 Å². The Hall–Kier alpha value is -2.15. The number of nitrogens with zero attached hydrogens (tertiary/aromatic N) is 3. The fourth-order valence-electron chi connectivity index (χ4n) is 2.69. The predicted octanol–water partition coefficient (Wildman–Crippen LogP) is 0.824. The van der Waals surface area contributed by atoms with Crippen LogP contribution in [0.25, 0.3) is 0 Å². The Labute approximate surface area is 143 Å². The summed E-state index contributed by atoms with van der Waals surface area (Å²) in [4.78, 5) is 31.5. The first kappa shape index (κ1) is 18.2. The fraction of sp³-hybridized carbons (Fsp3) is 0.588. The van der Waals surface area contributed by atoms with E-state index in [1.54, 1.807) is 11.9 Å². The molecular weight excluding hydrogens is 306 g/mol. The van der Waals surface area contributed by atoms with E-state index in [0.29, 0.717) is 6.54 Å². The number of pyridine rings is 1. The van der Waals surface area contributed by atoms with Gasteiger partial charge in [-0.2, -0.15) is 0 Å². The Morgan fingerprint density at radius 1 is 1.29 bits per heavy atom. The number of piperidine rings is 1. The van der Waals surface area contributed by atoms with E-state index in [9.17, 15) is 9.59 Å². The van der Waals surface area contributed by atoms with Crippen molar-refractivity contribution in [3.05, 3.63) is 30.1 Å². The highest BCUT2D eigenvalue weighted by Gasteiger charge is 2.21. The molecule has 1 aromatic rings. The van der Waals surface area contributed by atoms with Crippen molar-refractivity contribution in [3.63, 3.8) is 0 Å². The van der Waals surface area contributed by atoms with Crippen LogP contribution in [0.5, 0.6) is 0 Å². The van der Waals surface area contributed by atoms with Gasteiger partial charge < -0.3 is 15.5 Å². The third kappa shape index (κ3) is 5.81. The van der Waals surface area contributed by atoms with Crippen LogP contribution in [0, 0.1) is 0 Å². The summed E-state index contributed by atoms with van der Waals surface area (Å²) in [6.07, 6.45) is 5.46. The minimum absolute atomic E-state index is 0.0388. The average molecular weight is 333 g/mol. The molecule has 1 saturated heterocycles. The van der Waals surface area contributed by atoms with Gasteiger partial charge in [0.05, 0.1) is 6.54 Å². The molecule has 0 aromatic carbocycles. The van der Waals surface area contributed by atoms with E-state index >= 15 is 0 Å². The molecule has 7 heteroatoms. The molecule has 2 N–H and O–H groups in total. The van der Waals surface area contributed by atoms with Gasteiger partial charge >= 0.3 is 6.03 Å². The topological polar surface area (TPSA) is 77.6 Å². The summed E-state index contributed by atoms with van der Waals surface area (Å²) >= 11 is 0. The first-order valence-corrected chi connectivity index (χ1v) is 8.48. The van der Waals surface area contributed by atoms with Crippen LogP contribution in [0.1, 0.15) is 25.3 Å². The van der Waals surface area contributed by atoms with Crippen molar-refractivity contribution in [2.24, 2.45) is 0 Å². The number of aromatic nitrogens is 1. The average Bonchev–Trinajstić information content (AvgIpc) is 2.61. The smallest absolute Gasteiger partial charge is 0.315 e. The maximum absolute atomic E-state index is 11.9. The number of urea groups is 1. The lowest BCUT2D eigenvalue weighted by Gasteiger charge is -2.32. The molecule has 1 aromatic heterocycles. The molecule has 1 aliphatic heterocycles. The number of amides is 3. The van der Waals surface area contributed by atoms with E-state index in [4.69, 9.17) is 0 Å². The summed E-state index contributed by atoms with van der Waals surface area (Å²) in [5.74, 6) is -0.0835. The molecule has 0 radical (unpaired) electrons. The van der Waals surface area contributed by atoms with E-state index in [1.807, 2.05) is 31.5 Å². The highest BCUT2D eigenvalue weighted by molar-refractivity contribution is 5.83. The first-order chi connectivity index (χ1) is 11.6. The molecule has 3 amide bonds. The molecule has 0 spiro atoms. The van der Waals surface area contributed by atoms with E-state index in [2.05, 4.69) is 20.5 Å². The zero-order valence-electron chi connectivity index (χ0n) is 14.5. The minimum atomic E-state index is -0.263. The second kappa shape index (κ2) is 9.22. The Bertz CT molecular complexity index is 529. The number of rotatable bonds is 6. The second-order valence-electron chi connectivity index (χ2n) is 6.14. The molecule has 1 fully saturated rings. The Morgan fingerprint density at radius 3 is 2.58 bits per heavy atom. The summed E-state index contributed by atoms with van der Waals surface area (Å²) < 4.78 is 0. The summed E-state index contributed by atoms with van der Waals surface area (Å²) in [5, 5.41) is 5.59. The zero-order valence-corrected chi connectivity index (χ0v) is 14.5. The highest BCUT2D eigenvalue weighted by atomic mass is 16.2. The summed E-state index contributed by atoms with van der Waals surface area (Å²) in [6, 6.07) is 3.96. The van der Waals surface area contributed by atoms with Crippen LogP contribution in [0.2, 0.25) is 0 Å². The van der Waals surface area contributed by atoms with Crippen LogP contribution < -0.4 is 10.6 Å². The molecule has 0 bridgehead atoms. The lowest BCUT2D eigenvalue weighted by Crippen LogP contribution is -2.49. The van der Waals surface area contributed by atoms with Crippen molar-refractivity contribution < 1.29 is 9.59 Å². The van der Waals surface area contributed by atoms with Crippen molar-refractivity contribution >= 4 is 11.9 Å². The third-order valence-corrected chi connectivity index (χ3v) is 4.38. The lowest BCUT2D eigenvalue weighted by atomic mass is 10.0. The van der Waals surface area contributed by atoms with Gasteiger partial charge in [-0.3, -0.25) is 14.7 Å². The van der Waals surface area contributed by atoms with Crippen molar-refractivity contribution in [2.75, 3.05) is 33.2 Å². The number of carbonyl (C=O) groups excluding carboxylic acids is 2. The maximum atomic E-state index is 11.9. The van der Waals surface area contributed by atoms with Crippen LogP contribution >= 0.6 is 0 Å². The molecule has 7 nitrogen and oxygen atoms in total. The van der Waals surface area contributed by atoms with E-state index in [0.717, 1.165) is 32.5 Å². The van der Waals surface area contributed by atoms with Gasteiger partial charge in [0.25, 0.3) is 0 Å². The van der Waals surface area contributed by atoms with Crippen molar-refractivity contribution in [1.29, 1.82) is 0 Å². The maximum Gasteiger partial charge on any atom is 0.315 e.